The van der Waals surface area contributed by atoms with Crippen LogP contribution in [0.4, 0.5) is 10.1 Å². The molecule has 8 heteroatoms. The van der Waals surface area contributed by atoms with Crippen LogP contribution in [0.5, 0.6) is 0 Å². The Morgan fingerprint density at radius 3 is 2.52 bits per heavy atom. The average molecular weight is 382 g/mol. The molecular formula is C17H19FN2O3S2. The van der Waals surface area contributed by atoms with Crippen LogP contribution in [0.25, 0.3) is 0 Å². The average Bonchev–Trinajstić information content (AvgIpc) is 2.55. The van der Waals surface area contributed by atoms with Crippen LogP contribution in [-0.2, 0) is 14.8 Å². The number of carbonyl (C=O) groups is 1. The van der Waals surface area contributed by atoms with Crippen molar-refractivity contribution in [3.63, 3.8) is 0 Å². The summed E-state index contributed by atoms with van der Waals surface area (Å²) in [5, 5.41) is 2.65. The summed E-state index contributed by atoms with van der Waals surface area (Å²) in [6.45, 7) is 1.69. The van der Waals surface area contributed by atoms with Crippen molar-refractivity contribution >= 4 is 33.4 Å². The van der Waals surface area contributed by atoms with Crippen molar-refractivity contribution in [3.05, 3.63) is 53.8 Å². The Kier molecular flexibility index (Phi) is 6.21. The standard InChI is InChI=1S/C17H19FN2O3S2/c1-12-8-9-13(10-16(12)25(22,23)20(2)3)19-17(21)11-24-15-7-5-4-6-14(15)18/h4-10H,11H2,1-3H3,(H,19,21). The number of benzene rings is 2. The minimum atomic E-state index is -3.60. The van der Waals surface area contributed by atoms with Gasteiger partial charge in [0.25, 0.3) is 0 Å². The molecule has 0 unspecified atom stereocenters. The fourth-order valence-corrected chi connectivity index (χ4v) is 3.94. The highest BCUT2D eigenvalue weighted by Crippen LogP contribution is 2.24. The van der Waals surface area contributed by atoms with Gasteiger partial charge in [-0.1, -0.05) is 18.2 Å². The highest BCUT2D eigenvalue weighted by atomic mass is 32.2. The molecule has 0 bridgehead atoms. The lowest BCUT2D eigenvalue weighted by Gasteiger charge is -2.15. The number of carbonyl (C=O) groups excluding carboxylic acids is 1. The molecule has 0 saturated heterocycles. The van der Waals surface area contributed by atoms with E-state index >= 15 is 0 Å². The van der Waals surface area contributed by atoms with Crippen LogP contribution in [0.3, 0.4) is 0 Å². The molecule has 1 N–H and O–H groups in total. The van der Waals surface area contributed by atoms with E-state index in [-0.39, 0.29) is 22.4 Å². The van der Waals surface area contributed by atoms with Gasteiger partial charge < -0.3 is 5.32 Å². The summed E-state index contributed by atoms with van der Waals surface area (Å²) in [4.78, 5) is 12.6. The van der Waals surface area contributed by atoms with Gasteiger partial charge in [-0.05, 0) is 36.8 Å². The summed E-state index contributed by atoms with van der Waals surface area (Å²) < 4.78 is 39.3. The molecule has 0 aliphatic heterocycles. The Balaban J connectivity index is 2.10. The Morgan fingerprint density at radius 2 is 1.88 bits per heavy atom. The van der Waals surface area contributed by atoms with Gasteiger partial charge in [0.1, 0.15) is 5.82 Å². The van der Waals surface area contributed by atoms with Gasteiger partial charge in [-0.15, -0.1) is 11.8 Å². The Labute approximate surface area is 151 Å². The van der Waals surface area contributed by atoms with Gasteiger partial charge in [-0.3, -0.25) is 4.79 Å². The smallest absolute Gasteiger partial charge is 0.242 e. The zero-order valence-electron chi connectivity index (χ0n) is 14.1. The maximum Gasteiger partial charge on any atom is 0.242 e. The molecule has 2 rings (SSSR count). The van der Waals surface area contributed by atoms with Crippen molar-refractivity contribution < 1.29 is 17.6 Å². The topological polar surface area (TPSA) is 66.5 Å². The molecule has 25 heavy (non-hydrogen) atoms. The van der Waals surface area contributed by atoms with Crippen LogP contribution in [0, 0.1) is 12.7 Å². The van der Waals surface area contributed by atoms with Gasteiger partial charge in [0.2, 0.25) is 15.9 Å². The third kappa shape index (κ3) is 4.81. The summed E-state index contributed by atoms with van der Waals surface area (Å²) in [7, 11) is -0.701. The third-order valence-electron chi connectivity index (χ3n) is 3.43. The summed E-state index contributed by atoms with van der Waals surface area (Å²) in [5.41, 5.74) is 0.970. The predicted octanol–water partition coefficient (Wildman–Crippen LogP) is 3.12. The lowest BCUT2D eigenvalue weighted by atomic mass is 10.2. The number of hydrogen-bond acceptors (Lipinski definition) is 4. The molecular weight excluding hydrogens is 363 g/mol. The maximum absolute atomic E-state index is 13.5. The summed E-state index contributed by atoms with van der Waals surface area (Å²) >= 11 is 1.08. The molecule has 2 aromatic rings. The highest BCUT2D eigenvalue weighted by Gasteiger charge is 2.20. The molecule has 0 aliphatic rings. The third-order valence-corrected chi connectivity index (χ3v) is 6.43. The fraction of sp³-hybridized carbons (Fsp3) is 0.235. The van der Waals surface area contributed by atoms with E-state index in [4.69, 9.17) is 0 Å². The van der Waals surface area contributed by atoms with E-state index in [1.807, 2.05) is 0 Å². The second-order valence-corrected chi connectivity index (χ2v) is 8.67. The number of nitrogens with zero attached hydrogens (tertiary/aromatic N) is 1. The second kappa shape index (κ2) is 7.99. The van der Waals surface area contributed by atoms with E-state index in [0.717, 1.165) is 16.1 Å². The van der Waals surface area contributed by atoms with Gasteiger partial charge in [-0.2, -0.15) is 0 Å². The quantitative estimate of drug-likeness (QED) is 0.780. The molecule has 0 heterocycles. The zero-order chi connectivity index (χ0) is 18.6. The lowest BCUT2D eigenvalue weighted by molar-refractivity contribution is -0.113. The summed E-state index contributed by atoms with van der Waals surface area (Å²) in [6.07, 6.45) is 0. The number of aryl methyl sites for hydroxylation is 1. The fourth-order valence-electron chi connectivity index (χ4n) is 2.05. The van der Waals surface area contributed by atoms with E-state index < -0.39 is 10.0 Å². The van der Waals surface area contributed by atoms with E-state index in [9.17, 15) is 17.6 Å². The first-order valence-corrected chi connectivity index (χ1v) is 9.84. The minimum Gasteiger partial charge on any atom is -0.325 e. The Morgan fingerprint density at radius 1 is 1.20 bits per heavy atom. The SMILES string of the molecule is Cc1ccc(NC(=O)CSc2ccccc2F)cc1S(=O)(=O)N(C)C. The molecule has 0 fully saturated rings. The maximum atomic E-state index is 13.5. The largest absolute Gasteiger partial charge is 0.325 e. The van der Waals surface area contributed by atoms with Crippen LogP contribution < -0.4 is 5.32 Å². The van der Waals surface area contributed by atoms with Crippen molar-refractivity contribution in [1.82, 2.24) is 4.31 Å². The zero-order valence-corrected chi connectivity index (χ0v) is 15.7. The predicted molar refractivity (Wildman–Crippen MR) is 97.8 cm³/mol. The summed E-state index contributed by atoms with van der Waals surface area (Å²) in [5.74, 6) is -0.704. The normalized spacial score (nSPS) is 11.6. The van der Waals surface area contributed by atoms with Crippen LogP contribution >= 0.6 is 11.8 Å². The van der Waals surface area contributed by atoms with Gasteiger partial charge in [-0.25, -0.2) is 17.1 Å². The molecule has 5 nitrogen and oxygen atoms in total. The van der Waals surface area contributed by atoms with Gasteiger partial charge in [0.05, 0.1) is 10.6 Å². The van der Waals surface area contributed by atoms with Crippen molar-refractivity contribution in [2.75, 3.05) is 25.2 Å². The number of thioether (sulfide) groups is 1. The van der Waals surface area contributed by atoms with Crippen LogP contribution in [0.2, 0.25) is 0 Å². The molecule has 0 radical (unpaired) electrons. The first-order chi connectivity index (χ1) is 11.7. The van der Waals surface area contributed by atoms with Crippen molar-refractivity contribution in [3.8, 4) is 0 Å². The highest BCUT2D eigenvalue weighted by molar-refractivity contribution is 8.00. The number of anilines is 1. The number of amides is 1. The van der Waals surface area contributed by atoms with Crippen molar-refractivity contribution in [1.29, 1.82) is 0 Å². The van der Waals surface area contributed by atoms with Crippen molar-refractivity contribution in [2.24, 2.45) is 0 Å². The molecule has 0 atom stereocenters. The van der Waals surface area contributed by atoms with Gasteiger partial charge in [0, 0.05) is 24.7 Å². The number of rotatable bonds is 6. The van der Waals surface area contributed by atoms with E-state index in [2.05, 4.69) is 5.32 Å². The molecule has 0 saturated carbocycles. The number of hydrogen-bond donors (Lipinski definition) is 1. The van der Waals surface area contributed by atoms with E-state index in [1.165, 1.54) is 26.2 Å². The Hall–Kier alpha value is -1.90. The first-order valence-electron chi connectivity index (χ1n) is 7.42. The summed E-state index contributed by atoms with van der Waals surface area (Å²) in [6, 6.07) is 10.9. The van der Waals surface area contributed by atoms with Crippen LogP contribution in [-0.4, -0.2) is 38.5 Å². The lowest BCUT2D eigenvalue weighted by Crippen LogP contribution is -2.23. The van der Waals surface area contributed by atoms with Crippen molar-refractivity contribution in [2.45, 2.75) is 16.7 Å². The molecule has 134 valence electrons. The van der Waals surface area contributed by atoms with E-state index in [1.54, 1.807) is 37.3 Å². The molecule has 0 aliphatic carbocycles. The first kappa shape index (κ1) is 19.4. The number of sulfonamides is 1. The number of halogens is 1. The monoisotopic (exact) mass is 382 g/mol. The van der Waals surface area contributed by atoms with Crippen LogP contribution in [0.1, 0.15) is 5.56 Å². The molecule has 1 amide bonds. The number of nitrogens with one attached hydrogen (secondary N) is 1. The van der Waals surface area contributed by atoms with Crippen LogP contribution in [0.15, 0.2) is 52.3 Å². The second-order valence-electron chi connectivity index (χ2n) is 5.53. The van der Waals surface area contributed by atoms with E-state index in [0.29, 0.717) is 16.1 Å². The molecule has 2 aromatic carbocycles. The van der Waals surface area contributed by atoms with Gasteiger partial charge in [0.15, 0.2) is 0 Å². The Bertz CT molecular complexity index is 883. The molecule has 0 aromatic heterocycles. The molecule has 0 spiro atoms. The minimum absolute atomic E-state index is 0.0184. The van der Waals surface area contributed by atoms with Gasteiger partial charge >= 0.3 is 0 Å².